The molecule has 0 saturated heterocycles. The number of hydrogen-bond acceptors (Lipinski definition) is 2. The second-order valence-corrected chi connectivity index (χ2v) is 4.39. The van der Waals surface area contributed by atoms with E-state index >= 15 is 0 Å². The van der Waals surface area contributed by atoms with E-state index < -0.39 is 0 Å². The lowest BCUT2D eigenvalue weighted by Gasteiger charge is -2.33. The Bertz CT molecular complexity index is 267. The first kappa shape index (κ1) is 9.07. The van der Waals surface area contributed by atoms with Gasteiger partial charge >= 0.3 is 0 Å². The lowest BCUT2D eigenvalue weighted by Crippen LogP contribution is -2.32. The molecule has 2 atom stereocenters. The zero-order valence-corrected chi connectivity index (χ0v) is 7.89. The average molecular weight is 162 g/mol. The maximum Gasteiger partial charge on any atom is 0.0692 e. The first-order valence-corrected chi connectivity index (χ1v) is 4.29. The maximum absolute atomic E-state index is 9.01. The summed E-state index contributed by atoms with van der Waals surface area (Å²) in [6.45, 7) is 6.01. The van der Waals surface area contributed by atoms with Gasteiger partial charge in [0.25, 0.3) is 0 Å². The van der Waals surface area contributed by atoms with E-state index in [4.69, 9.17) is 10.5 Å². The van der Waals surface area contributed by atoms with Gasteiger partial charge in [0.2, 0.25) is 0 Å². The summed E-state index contributed by atoms with van der Waals surface area (Å²) in [6, 6.07) is 4.64. The highest BCUT2D eigenvalue weighted by Crippen LogP contribution is 2.55. The number of nitriles is 2. The van der Waals surface area contributed by atoms with Crippen molar-refractivity contribution in [3.63, 3.8) is 0 Å². The molecule has 0 spiro atoms. The van der Waals surface area contributed by atoms with Gasteiger partial charge in [-0.2, -0.15) is 10.5 Å². The molecule has 1 aliphatic carbocycles. The molecular formula is C10H14N2. The predicted octanol–water partition coefficient (Wildman–Crippen LogP) is 2.48. The Morgan fingerprint density at radius 2 is 1.83 bits per heavy atom. The molecule has 0 bridgehead atoms. The van der Waals surface area contributed by atoms with Crippen molar-refractivity contribution in [1.82, 2.24) is 0 Å². The molecule has 64 valence electrons. The molecule has 0 aliphatic heterocycles. The lowest BCUT2D eigenvalue weighted by molar-refractivity contribution is 0.170. The van der Waals surface area contributed by atoms with Gasteiger partial charge in [0, 0.05) is 0 Å². The number of nitrogens with zero attached hydrogens (tertiary/aromatic N) is 2. The quantitative estimate of drug-likeness (QED) is 0.549. The molecule has 0 aromatic carbocycles. The molecule has 1 aliphatic rings. The number of rotatable bonds is 0. The van der Waals surface area contributed by atoms with Gasteiger partial charge in [-0.3, -0.25) is 0 Å². The Kier molecular flexibility index (Phi) is 1.88. The van der Waals surface area contributed by atoms with Crippen LogP contribution in [0.25, 0.3) is 0 Å². The highest BCUT2D eigenvalue weighted by atomic mass is 14.6. The Morgan fingerprint density at radius 1 is 1.25 bits per heavy atom. The molecule has 12 heavy (non-hydrogen) atoms. The van der Waals surface area contributed by atoms with Crippen LogP contribution in [0.5, 0.6) is 0 Å². The van der Waals surface area contributed by atoms with E-state index in [2.05, 4.69) is 12.1 Å². The molecule has 2 nitrogen and oxygen atoms in total. The SMILES string of the molecule is CC1(C#N)CCC(C#N)C1(C)C. The third-order valence-corrected chi connectivity index (χ3v) is 3.63. The second kappa shape index (κ2) is 2.49. The van der Waals surface area contributed by atoms with Gasteiger partial charge in [-0.1, -0.05) is 13.8 Å². The van der Waals surface area contributed by atoms with Crippen LogP contribution in [0.15, 0.2) is 0 Å². The van der Waals surface area contributed by atoms with Gasteiger partial charge in [-0.15, -0.1) is 0 Å². The third kappa shape index (κ3) is 0.916. The van der Waals surface area contributed by atoms with E-state index in [0.29, 0.717) is 0 Å². The van der Waals surface area contributed by atoms with Crippen LogP contribution in [0.2, 0.25) is 0 Å². The minimum Gasteiger partial charge on any atom is -0.198 e. The van der Waals surface area contributed by atoms with Gasteiger partial charge in [-0.25, -0.2) is 0 Å². The van der Waals surface area contributed by atoms with Crippen molar-refractivity contribution in [2.24, 2.45) is 16.7 Å². The molecule has 0 heterocycles. The molecule has 2 unspecified atom stereocenters. The van der Waals surface area contributed by atoms with Gasteiger partial charge in [0.1, 0.15) is 0 Å². The first-order chi connectivity index (χ1) is 5.48. The molecular weight excluding hydrogens is 148 g/mol. The zero-order chi connectivity index (χ0) is 9.41. The monoisotopic (exact) mass is 162 g/mol. The van der Waals surface area contributed by atoms with Crippen LogP contribution in [0.3, 0.4) is 0 Å². The van der Waals surface area contributed by atoms with Crippen molar-refractivity contribution in [3.05, 3.63) is 0 Å². The van der Waals surface area contributed by atoms with Gasteiger partial charge in [-0.05, 0) is 25.2 Å². The van der Waals surface area contributed by atoms with Crippen molar-refractivity contribution in [2.45, 2.75) is 33.6 Å². The van der Waals surface area contributed by atoms with Crippen molar-refractivity contribution >= 4 is 0 Å². The van der Waals surface area contributed by atoms with Crippen LogP contribution in [-0.4, -0.2) is 0 Å². The molecule has 1 saturated carbocycles. The topological polar surface area (TPSA) is 47.6 Å². The fourth-order valence-electron chi connectivity index (χ4n) is 1.93. The van der Waals surface area contributed by atoms with Crippen LogP contribution < -0.4 is 0 Å². The molecule has 0 aromatic rings. The van der Waals surface area contributed by atoms with Crippen LogP contribution in [-0.2, 0) is 0 Å². The molecule has 0 amide bonds. The fraction of sp³-hybridized carbons (Fsp3) is 0.800. The van der Waals surface area contributed by atoms with Crippen LogP contribution in [0.1, 0.15) is 33.6 Å². The van der Waals surface area contributed by atoms with E-state index in [0.717, 1.165) is 12.8 Å². The van der Waals surface area contributed by atoms with Gasteiger partial charge in [0.15, 0.2) is 0 Å². The highest BCUT2D eigenvalue weighted by molar-refractivity contribution is 5.15. The Hall–Kier alpha value is -1.02. The Labute approximate surface area is 73.8 Å². The first-order valence-electron chi connectivity index (χ1n) is 4.29. The van der Waals surface area contributed by atoms with Crippen molar-refractivity contribution in [2.75, 3.05) is 0 Å². The summed E-state index contributed by atoms with van der Waals surface area (Å²) in [5.41, 5.74) is -0.468. The summed E-state index contributed by atoms with van der Waals surface area (Å²) in [7, 11) is 0. The molecule has 1 fully saturated rings. The molecule has 1 rings (SSSR count). The van der Waals surface area contributed by atoms with Crippen molar-refractivity contribution < 1.29 is 0 Å². The largest absolute Gasteiger partial charge is 0.198 e. The van der Waals surface area contributed by atoms with E-state index in [1.165, 1.54) is 0 Å². The second-order valence-electron chi connectivity index (χ2n) is 4.39. The minimum atomic E-state index is -0.312. The van der Waals surface area contributed by atoms with Crippen LogP contribution >= 0.6 is 0 Å². The van der Waals surface area contributed by atoms with Crippen molar-refractivity contribution in [1.29, 1.82) is 10.5 Å². The smallest absolute Gasteiger partial charge is 0.0692 e. The summed E-state index contributed by atoms with van der Waals surface area (Å²) in [5, 5.41) is 17.9. The molecule has 2 heteroatoms. The van der Waals surface area contributed by atoms with E-state index in [1.807, 2.05) is 20.8 Å². The summed E-state index contributed by atoms with van der Waals surface area (Å²) < 4.78 is 0. The normalized spacial score (nSPS) is 38.6. The third-order valence-electron chi connectivity index (χ3n) is 3.63. The average Bonchev–Trinajstić information content (AvgIpc) is 2.25. The highest BCUT2D eigenvalue weighted by Gasteiger charge is 2.52. The summed E-state index contributed by atoms with van der Waals surface area (Å²) >= 11 is 0. The standard InChI is InChI=1S/C10H14N2/c1-9(2)8(6-11)4-5-10(9,3)7-12/h8H,4-5H2,1-3H3. The number of hydrogen-bond donors (Lipinski definition) is 0. The zero-order valence-electron chi connectivity index (χ0n) is 7.89. The predicted molar refractivity (Wildman–Crippen MR) is 45.8 cm³/mol. The summed E-state index contributed by atoms with van der Waals surface area (Å²) in [6.07, 6.45) is 1.72. The maximum atomic E-state index is 9.01. The molecule has 0 radical (unpaired) electrons. The van der Waals surface area contributed by atoms with Crippen LogP contribution in [0.4, 0.5) is 0 Å². The van der Waals surface area contributed by atoms with E-state index in [-0.39, 0.29) is 16.7 Å². The van der Waals surface area contributed by atoms with Crippen LogP contribution in [0, 0.1) is 39.4 Å². The van der Waals surface area contributed by atoms with Crippen molar-refractivity contribution in [3.8, 4) is 12.1 Å². The Balaban J connectivity index is 3.03. The summed E-state index contributed by atoms with van der Waals surface area (Å²) in [5.74, 6) is 0.0437. The minimum absolute atomic E-state index is 0.0437. The molecule has 0 N–H and O–H groups in total. The lowest BCUT2D eigenvalue weighted by atomic mass is 9.67. The Morgan fingerprint density at radius 3 is 2.08 bits per heavy atom. The molecule has 0 aromatic heterocycles. The fourth-order valence-corrected chi connectivity index (χ4v) is 1.93. The van der Waals surface area contributed by atoms with Gasteiger partial charge < -0.3 is 0 Å². The van der Waals surface area contributed by atoms with E-state index in [9.17, 15) is 0 Å². The summed E-state index contributed by atoms with van der Waals surface area (Å²) in [4.78, 5) is 0. The van der Waals surface area contributed by atoms with Gasteiger partial charge in [0.05, 0.1) is 23.5 Å². The van der Waals surface area contributed by atoms with E-state index in [1.54, 1.807) is 0 Å².